The zero-order chi connectivity index (χ0) is 17.9. The Bertz CT molecular complexity index is 900. The highest BCUT2D eigenvalue weighted by Crippen LogP contribution is 2.45. The van der Waals surface area contributed by atoms with Gasteiger partial charge in [0, 0.05) is 29.5 Å². The fourth-order valence-electron chi connectivity index (χ4n) is 2.77. The minimum Gasteiger partial charge on any atom is -0.321 e. The molecule has 132 valence electrons. The van der Waals surface area contributed by atoms with Crippen molar-refractivity contribution in [1.82, 2.24) is 14.5 Å². The molecule has 1 aromatic carbocycles. The van der Waals surface area contributed by atoms with Crippen LogP contribution in [-0.4, -0.2) is 31.9 Å². The molecule has 5 nitrogen and oxygen atoms in total. The van der Waals surface area contributed by atoms with Gasteiger partial charge >= 0.3 is 0 Å². The molecule has 1 N–H and O–H groups in total. The quantitative estimate of drug-likeness (QED) is 0.729. The van der Waals surface area contributed by atoms with Crippen LogP contribution >= 0.6 is 23.5 Å². The SMILES string of the molecule is Cc1nccn1-c1ccc(NC(=O)c2ccc(C3SCCS3)cc2)cn1. The van der Waals surface area contributed by atoms with E-state index in [1.165, 1.54) is 17.1 Å². The van der Waals surface area contributed by atoms with Crippen LogP contribution in [0.3, 0.4) is 0 Å². The molecule has 4 rings (SSSR count). The zero-order valence-corrected chi connectivity index (χ0v) is 15.9. The average Bonchev–Trinajstić information content (AvgIpc) is 3.34. The molecule has 1 fully saturated rings. The van der Waals surface area contributed by atoms with E-state index in [1.807, 2.05) is 77.6 Å². The van der Waals surface area contributed by atoms with Crippen LogP contribution in [0, 0.1) is 6.92 Å². The number of carbonyl (C=O) groups is 1. The lowest BCUT2D eigenvalue weighted by atomic mass is 10.1. The van der Waals surface area contributed by atoms with Crippen LogP contribution in [0.1, 0.15) is 26.3 Å². The highest BCUT2D eigenvalue weighted by atomic mass is 32.2. The van der Waals surface area contributed by atoms with Gasteiger partial charge in [0.05, 0.1) is 16.5 Å². The van der Waals surface area contributed by atoms with Gasteiger partial charge in [0.2, 0.25) is 0 Å². The topological polar surface area (TPSA) is 59.8 Å². The molecular formula is C19H18N4OS2. The molecule has 1 saturated heterocycles. The van der Waals surface area contributed by atoms with Gasteiger partial charge in [-0.2, -0.15) is 0 Å². The van der Waals surface area contributed by atoms with Gasteiger partial charge in [0.15, 0.2) is 0 Å². The molecule has 0 aliphatic carbocycles. The van der Waals surface area contributed by atoms with Crippen LogP contribution in [0.4, 0.5) is 5.69 Å². The van der Waals surface area contributed by atoms with Crippen molar-refractivity contribution in [2.45, 2.75) is 11.5 Å². The molecule has 1 amide bonds. The second-order valence-corrected chi connectivity index (χ2v) is 8.62. The third-order valence-corrected chi connectivity index (χ3v) is 7.25. The Kier molecular flexibility index (Phi) is 4.99. The van der Waals surface area contributed by atoms with E-state index < -0.39 is 0 Å². The van der Waals surface area contributed by atoms with Crippen LogP contribution in [0.15, 0.2) is 55.0 Å². The molecule has 3 aromatic rings. The summed E-state index contributed by atoms with van der Waals surface area (Å²) >= 11 is 3.92. The summed E-state index contributed by atoms with van der Waals surface area (Å²) in [6.45, 7) is 1.92. The van der Waals surface area contributed by atoms with Crippen molar-refractivity contribution in [3.63, 3.8) is 0 Å². The smallest absolute Gasteiger partial charge is 0.255 e. The molecule has 2 aromatic heterocycles. The first-order chi connectivity index (χ1) is 12.7. The second-order valence-electron chi connectivity index (χ2n) is 5.90. The van der Waals surface area contributed by atoms with Crippen molar-refractivity contribution < 1.29 is 4.79 Å². The van der Waals surface area contributed by atoms with Crippen molar-refractivity contribution in [3.05, 3.63) is 71.9 Å². The molecule has 0 bridgehead atoms. The van der Waals surface area contributed by atoms with E-state index in [1.54, 1.807) is 12.4 Å². The predicted molar refractivity (Wildman–Crippen MR) is 108 cm³/mol. The van der Waals surface area contributed by atoms with Crippen LogP contribution in [0.2, 0.25) is 0 Å². The molecule has 0 saturated carbocycles. The van der Waals surface area contributed by atoms with Crippen LogP contribution in [0.5, 0.6) is 0 Å². The van der Waals surface area contributed by atoms with Crippen molar-refractivity contribution in [2.75, 3.05) is 16.8 Å². The van der Waals surface area contributed by atoms with Crippen molar-refractivity contribution in [2.24, 2.45) is 0 Å². The minimum absolute atomic E-state index is 0.128. The monoisotopic (exact) mass is 382 g/mol. The lowest BCUT2D eigenvalue weighted by Gasteiger charge is -2.10. The standard InChI is InChI=1S/C19H18N4OS2/c1-13-20-8-9-23(13)17-7-6-16(12-21-17)22-18(24)14-2-4-15(5-3-14)19-25-10-11-26-19/h2-9,12,19H,10-11H2,1H3,(H,22,24). The number of rotatable bonds is 4. The van der Waals surface area contributed by atoms with Gasteiger partial charge < -0.3 is 5.32 Å². The number of amides is 1. The Morgan fingerprint density at radius 2 is 1.88 bits per heavy atom. The fourth-order valence-corrected chi connectivity index (χ4v) is 5.63. The van der Waals surface area contributed by atoms with Gasteiger partial charge in [-0.05, 0) is 36.8 Å². The fraction of sp³-hybridized carbons (Fsp3) is 0.211. The predicted octanol–water partition coefficient (Wildman–Crippen LogP) is 4.31. The average molecular weight is 383 g/mol. The largest absolute Gasteiger partial charge is 0.321 e. The normalized spacial score (nSPS) is 14.5. The molecule has 0 atom stereocenters. The maximum atomic E-state index is 12.4. The summed E-state index contributed by atoms with van der Waals surface area (Å²) in [4.78, 5) is 21.0. The first kappa shape index (κ1) is 17.2. The Balaban J connectivity index is 1.43. The maximum Gasteiger partial charge on any atom is 0.255 e. The van der Waals surface area contributed by atoms with Gasteiger partial charge in [-0.1, -0.05) is 12.1 Å². The van der Waals surface area contributed by atoms with Gasteiger partial charge in [-0.15, -0.1) is 23.5 Å². The molecular weight excluding hydrogens is 364 g/mol. The van der Waals surface area contributed by atoms with Crippen molar-refractivity contribution in [3.8, 4) is 5.82 Å². The van der Waals surface area contributed by atoms with E-state index in [9.17, 15) is 4.79 Å². The number of pyridine rings is 1. The number of hydrogen-bond acceptors (Lipinski definition) is 5. The number of hydrogen-bond donors (Lipinski definition) is 1. The highest BCUT2D eigenvalue weighted by Gasteiger charge is 2.18. The second kappa shape index (κ2) is 7.55. The lowest BCUT2D eigenvalue weighted by Crippen LogP contribution is -2.12. The van der Waals surface area contributed by atoms with Gasteiger partial charge in [-0.25, -0.2) is 9.97 Å². The molecule has 0 unspecified atom stereocenters. The molecule has 0 radical (unpaired) electrons. The number of imidazole rings is 1. The molecule has 0 spiro atoms. The zero-order valence-electron chi connectivity index (χ0n) is 14.3. The Hall–Kier alpha value is -2.25. The molecule has 26 heavy (non-hydrogen) atoms. The molecule has 1 aliphatic heterocycles. The third kappa shape index (κ3) is 3.64. The van der Waals surface area contributed by atoms with Crippen molar-refractivity contribution in [1.29, 1.82) is 0 Å². The van der Waals surface area contributed by atoms with E-state index in [4.69, 9.17) is 0 Å². The van der Waals surface area contributed by atoms with Gasteiger partial charge in [-0.3, -0.25) is 9.36 Å². The van der Waals surface area contributed by atoms with Crippen LogP contribution in [-0.2, 0) is 0 Å². The van der Waals surface area contributed by atoms with E-state index in [-0.39, 0.29) is 5.91 Å². The number of benzene rings is 1. The van der Waals surface area contributed by atoms with E-state index in [2.05, 4.69) is 15.3 Å². The first-order valence-electron chi connectivity index (χ1n) is 8.31. The summed E-state index contributed by atoms with van der Waals surface area (Å²) in [7, 11) is 0. The van der Waals surface area contributed by atoms with E-state index >= 15 is 0 Å². The number of carbonyl (C=O) groups excluding carboxylic acids is 1. The third-order valence-electron chi connectivity index (χ3n) is 4.15. The van der Waals surface area contributed by atoms with Gasteiger partial charge in [0.1, 0.15) is 11.6 Å². The molecule has 1 aliphatic rings. The summed E-state index contributed by atoms with van der Waals surface area (Å²) in [5.74, 6) is 3.90. The van der Waals surface area contributed by atoms with Crippen molar-refractivity contribution >= 4 is 35.1 Å². The summed E-state index contributed by atoms with van der Waals surface area (Å²) in [6.07, 6.45) is 5.25. The molecule has 7 heteroatoms. The number of thioether (sulfide) groups is 2. The summed E-state index contributed by atoms with van der Waals surface area (Å²) in [5, 5.41) is 2.90. The van der Waals surface area contributed by atoms with Crippen LogP contribution in [0.25, 0.3) is 5.82 Å². The molecule has 3 heterocycles. The number of nitrogens with one attached hydrogen (secondary N) is 1. The summed E-state index contributed by atoms with van der Waals surface area (Å²) < 4.78 is 2.39. The summed E-state index contributed by atoms with van der Waals surface area (Å²) in [5.41, 5.74) is 2.59. The van der Waals surface area contributed by atoms with E-state index in [0.717, 1.165) is 11.6 Å². The van der Waals surface area contributed by atoms with Crippen LogP contribution < -0.4 is 5.32 Å². The first-order valence-corrected chi connectivity index (χ1v) is 10.4. The Morgan fingerprint density at radius 1 is 1.12 bits per heavy atom. The Morgan fingerprint density at radius 3 is 2.50 bits per heavy atom. The number of anilines is 1. The number of aromatic nitrogens is 3. The van der Waals surface area contributed by atoms with Gasteiger partial charge in [0.25, 0.3) is 5.91 Å². The number of nitrogens with zero attached hydrogens (tertiary/aromatic N) is 3. The minimum atomic E-state index is -0.128. The Labute approximate surface area is 160 Å². The lowest BCUT2D eigenvalue weighted by molar-refractivity contribution is 0.102. The number of aryl methyl sites for hydroxylation is 1. The van der Waals surface area contributed by atoms with E-state index in [0.29, 0.717) is 15.8 Å². The maximum absolute atomic E-state index is 12.4. The highest BCUT2D eigenvalue weighted by molar-refractivity contribution is 8.19. The summed E-state index contributed by atoms with van der Waals surface area (Å²) in [6, 6.07) is 11.6.